The highest BCUT2D eigenvalue weighted by Crippen LogP contribution is 2.33. The number of likely N-dealkylation sites (tertiary alicyclic amines) is 1. The maximum absolute atomic E-state index is 13.4. The number of halogens is 1. The molecule has 0 saturated carbocycles. The second-order valence-corrected chi connectivity index (χ2v) is 8.01. The van der Waals surface area contributed by atoms with Gasteiger partial charge >= 0.3 is 0 Å². The molecule has 1 saturated heterocycles. The van der Waals surface area contributed by atoms with E-state index >= 15 is 0 Å². The van der Waals surface area contributed by atoms with Crippen molar-refractivity contribution in [3.63, 3.8) is 0 Å². The monoisotopic (exact) mass is 411 g/mol. The van der Waals surface area contributed by atoms with Gasteiger partial charge in [0.05, 0.1) is 11.4 Å². The van der Waals surface area contributed by atoms with E-state index in [0.717, 1.165) is 46.6 Å². The van der Waals surface area contributed by atoms with E-state index in [4.69, 9.17) is 4.98 Å². The third-order valence-corrected chi connectivity index (χ3v) is 6.05. The predicted molar refractivity (Wildman–Crippen MR) is 118 cm³/mol. The van der Waals surface area contributed by atoms with Crippen LogP contribution in [0.5, 0.6) is 0 Å². The van der Waals surface area contributed by atoms with E-state index in [1.54, 1.807) is 23.9 Å². The molecule has 1 unspecified atom stereocenters. The van der Waals surface area contributed by atoms with Gasteiger partial charge in [-0.25, -0.2) is 14.4 Å². The third-order valence-electron chi connectivity index (χ3n) is 5.47. The van der Waals surface area contributed by atoms with E-state index in [9.17, 15) is 4.39 Å². The van der Waals surface area contributed by atoms with Crippen molar-refractivity contribution in [1.82, 2.24) is 19.9 Å². The van der Waals surface area contributed by atoms with Gasteiger partial charge in [0.25, 0.3) is 0 Å². The average Bonchev–Trinajstić information content (AvgIpc) is 3.39. The lowest BCUT2D eigenvalue weighted by Gasteiger charge is -2.23. The minimum Gasteiger partial charge on any atom is -0.368 e. The molecule has 2 aromatic heterocycles. The minimum absolute atomic E-state index is 0.247. The maximum Gasteiger partial charge on any atom is 0.166 e. The lowest BCUT2D eigenvalue weighted by Crippen LogP contribution is -2.34. The molecular formula is C22H26FN5S. The van der Waals surface area contributed by atoms with Crippen LogP contribution < -0.4 is 5.32 Å². The number of aromatic nitrogens is 3. The highest BCUT2D eigenvalue weighted by atomic mass is 32.2. The highest BCUT2D eigenvalue weighted by Gasteiger charge is 2.22. The van der Waals surface area contributed by atoms with Crippen molar-refractivity contribution in [2.45, 2.75) is 31.0 Å². The molecule has 0 aliphatic carbocycles. The van der Waals surface area contributed by atoms with Crippen LogP contribution >= 0.6 is 11.8 Å². The smallest absolute Gasteiger partial charge is 0.166 e. The molecule has 5 nitrogen and oxygen atoms in total. The quantitative estimate of drug-likeness (QED) is 0.542. The molecule has 2 N–H and O–H groups in total. The van der Waals surface area contributed by atoms with Gasteiger partial charge in [-0.15, -0.1) is 0 Å². The van der Waals surface area contributed by atoms with Crippen LogP contribution in [0.15, 0.2) is 47.8 Å². The number of imidazole rings is 1. The van der Waals surface area contributed by atoms with Crippen LogP contribution in [0.4, 0.5) is 10.2 Å². The lowest BCUT2D eigenvalue weighted by atomic mass is 10.1. The van der Waals surface area contributed by atoms with Crippen LogP contribution in [0.1, 0.15) is 19.8 Å². The Balaban J connectivity index is 1.59. The molecule has 0 radical (unpaired) electrons. The number of anilines is 1. The number of nitrogens with zero attached hydrogens (tertiary/aromatic N) is 3. The Morgan fingerprint density at radius 1 is 1.24 bits per heavy atom. The molecule has 0 amide bonds. The number of thioether (sulfide) groups is 1. The van der Waals surface area contributed by atoms with Crippen LogP contribution in [0.25, 0.3) is 22.5 Å². The molecule has 1 atom stereocenters. The molecule has 4 rings (SSSR count). The molecule has 152 valence electrons. The second kappa shape index (κ2) is 8.97. The molecule has 0 spiro atoms. The Bertz CT molecular complexity index is 956. The van der Waals surface area contributed by atoms with Crippen molar-refractivity contribution in [2.75, 3.05) is 31.2 Å². The fraction of sp³-hybridized carbons (Fsp3) is 0.364. The molecule has 3 aromatic rings. The number of likely N-dealkylation sites (N-methyl/N-ethyl adjacent to an activating group) is 1. The van der Waals surface area contributed by atoms with Crippen molar-refractivity contribution in [3.8, 4) is 22.5 Å². The van der Waals surface area contributed by atoms with Gasteiger partial charge in [0.15, 0.2) is 5.16 Å². The first-order chi connectivity index (χ1) is 14.2. The summed E-state index contributed by atoms with van der Waals surface area (Å²) < 4.78 is 13.4. The van der Waals surface area contributed by atoms with E-state index < -0.39 is 0 Å². The number of aromatic amines is 1. The topological polar surface area (TPSA) is 56.8 Å². The molecule has 1 aliphatic rings. The summed E-state index contributed by atoms with van der Waals surface area (Å²) in [5.74, 6) is 0.604. The van der Waals surface area contributed by atoms with Gasteiger partial charge < -0.3 is 10.3 Å². The van der Waals surface area contributed by atoms with Gasteiger partial charge in [-0.2, -0.15) is 0 Å². The van der Waals surface area contributed by atoms with Gasteiger partial charge in [-0.1, -0.05) is 18.7 Å². The van der Waals surface area contributed by atoms with Crippen LogP contribution in [-0.4, -0.2) is 51.8 Å². The lowest BCUT2D eigenvalue weighted by molar-refractivity contribution is 0.277. The minimum atomic E-state index is -0.247. The Morgan fingerprint density at radius 2 is 2.07 bits per heavy atom. The summed E-state index contributed by atoms with van der Waals surface area (Å²) in [7, 11) is 0. The van der Waals surface area contributed by atoms with Crippen LogP contribution in [0.3, 0.4) is 0 Å². The number of rotatable bonds is 7. The van der Waals surface area contributed by atoms with E-state index in [-0.39, 0.29) is 5.82 Å². The molecule has 7 heteroatoms. The molecule has 1 aromatic carbocycles. The second-order valence-electron chi connectivity index (χ2n) is 7.21. The molecule has 29 heavy (non-hydrogen) atoms. The predicted octanol–water partition coefficient (Wildman–Crippen LogP) is 4.90. The van der Waals surface area contributed by atoms with Crippen molar-refractivity contribution in [1.29, 1.82) is 0 Å². The van der Waals surface area contributed by atoms with Crippen molar-refractivity contribution < 1.29 is 4.39 Å². The van der Waals surface area contributed by atoms with Crippen LogP contribution in [-0.2, 0) is 0 Å². The van der Waals surface area contributed by atoms with Crippen LogP contribution in [0.2, 0.25) is 0 Å². The van der Waals surface area contributed by atoms with Crippen molar-refractivity contribution >= 4 is 17.6 Å². The number of nitrogens with one attached hydrogen (secondary N) is 2. The van der Waals surface area contributed by atoms with Crippen molar-refractivity contribution in [2.24, 2.45) is 0 Å². The molecule has 0 bridgehead atoms. The normalized spacial score (nSPS) is 17.0. The van der Waals surface area contributed by atoms with Crippen molar-refractivity contribution in [3.05, 3.63) is 48.4 Å². The number of hydrogen-bond acceptors (Lipinski definition) is 5. The number of H-pyrrole nitrogens is 1. The van der Waals surface area contributed by atoms with E-state index in [1.165, 1.54) is 31.5 Å². The Hall–Kier alpha value is -2.38. The Kier molecular flexibility index (Phi) is 6.16. The first-order valence-electron chi connectivity index (χ1n) is 10.0. The zero-order valence-electron chi connectivity index (χ0n) is 16.8. The van der Waals surface area contributed by atoms with Gasteiger partial charge in [0, 0.05) is 29.9 Å². The standard InChI is InChI=1S/C22H26FN5S/c1-3-28-12-4-5-18(28)14-25-19-13-16(10-11-24-19)21-20(26-22(27-21)29-2)15-6-8-17(23)9-7-15/h6-11,13,18H,3-5,12,14H2,1-2H3,(H,24,25)(H,26,27). The fourth-order valence-electron chi connectivity index (χ4n) is 3.92. The number of pyridine rings is 1. The summed E-state index contributed by atoms with van der Waals surface area (Å²) >= 11 is 1.55. The van der Waals surface area contributed by atoms with Gasteiger partial charge in [-0.05, 0) is 68.6 Å². The summed E-state index contributed by atoms with van der Waals surface area (Å²) in [6.45, 7) is 5.38. The van der Waals surface area contributed by atoms with Gasteiger partial charge in [-0.3, -0.25) is 4.90 Å². The van der Waals surface area contributed by atoms with Gasteiger partial charge in [0.1, 0.15) is 11.6 Å². The number of benzene rings is 1. The zero-order valence-corrected chi connectivity index (χ0v) is 17.6. The van der Waals surface area contributed by atoms with E-state index in [2.05, 4.69) is 27.1 Å². The summed E-state index contributed by atoms with van der Waals surface area (Å²) in [4.78, 5) is 15.1. The number of hydrogen-bond donors (Lipinski definition) is 2. The Morgan fingerprint density at radius 3 is 2.83 bits per heavy atom. The molecule has 1 fully saturated rings. The van der Waals surface area contributed by atoms with E-state index in [1.807, 2.05) is 24.6 Å². The van der Waals surface area contributed by atoms with E-state index in [0.29, 0.717) is 6.04 Å². The molecular weight excluding hydrogens is 385 g/mol. The van der Waals surface area contributed by atoms with Crippen LogP contribution in [0, 0.1) is 5.82 Å². The SMILES string of the molecule is CCN1CCCC1CNc1cc(-c2nc(SC)[nH]c2-c2ccc(F)cc2)ccn1. The average molecular weight is 412 g/mol. The summed E-state index contributed by atoms with van der Waals surface area (Å²) in [6, 6.07) is 11.1. The molecule has 3 heterocycles. The molecule has 1 aliphatic heterocycles. The third kappa shape index (κ3) is 4.46. The first kappa shape index (κ1) is 19.9. The fourth-order valence-corrected chi connectivity index (χ4v) is 4.31. The summed E-state index contributed by atoms with van der Waals surface area (Å²) in [6.07, 6.45) is 6.29. The highest BCUT2D eigenvalue weighted by molar-refractivity contribution is 7.98. The van der Waals surface area contributed by atoms with Gasteiger partial charge in [0.2, 0.25) is 0 Å². The zero-order chi connectivity index (χ0) is 20.2. The Labute approximate surface area is 175 Å². The summed E-state index contributed by atoms with van der Waals surface area (Å²) in [5, 5.41) is 4.33. The first-order valence-corrected chi connectivity index (χ1v) is 11.2. The largest absolute Gasteiger partial charge is 0.368 e. The maximum atomic E-state index is 13.4. The summed E-state index contributed by atoms with van der Waals surface area (Å²) in [5.41, 5.74) is 3.63.